The number of ether oxygens (including phenoxy) is 1. The lowest BCUT2D eigenvalue weighted by atomic mass is 9.90. The molecule has 4 rings (SSSR count). The standard InChI is InChI=1S/C29H39F2N3O.C3H6N2/c1-3-20-35-29(4-2,27-11-10-23(30)21-28(27)31)22-33-16-14-26(15-17-33)34-18-12-25(13-19-34)32-24-8-6-5-7-9-24;1-2-5-3-4/h4-11,21,25-26,32H,2-3,12-20,22H2,1H3;2-4H,1H3. The van der Waals surface area contributed by atoms with Crippen LogP contribution >= 0.6 is 0 Å². The summed E-state index contributed by atoms with van der Waals surface area (Å²) < 4.78 is 34.6. The monoisotopic (exact) mass is 553 g/mol. The van der Waals surface area contributed by atoms with E-state index >= 15 is 0 Å². The smallest absolute Gasteiger partial charge is 0.132 e. The summed E-state index contributed by atoms with van der Waals surface area (Å²) in [6.07, 6.45) is 9.55. The van der Waals surface area contributed by atoms with Crippen molar-refractivity contribution >= 4 is 18.2 Å². The molecule has 2 aromatic rings. The predicted molar refractivity (Wildman–Crippen MR) is 162 cm³/mol. The van der Waals surface area contributed by atoms with E-state index in [0.29, 0.717) is 30.8 Å². The van der Waals surface area contributed by atoms with Gasteiger partial charge in [0.05, 0.1) is 0 Å². The first-order chi connectivity index (χ1) is 19.4. The highest BCUT2D eigenvalue weighted by atomic mass is 19.1. The molecular weight excluding hydrogens is 508 g/mol. The Morgan fingerprint density at radius 1 is 1.07 bits per heavy atom. The van der Waals surface area contributed by atoms with Crippen molar-refractivity contribution in [1.82, 2.24) is 9.80 Å². The molecule has 2 aromatic carbocycles. The Hall–Kier alpha value is -2.94. The van der Waals surface area contributed by atoms with Crippen LogP contribution in [0.2, 0.25) is 0 Å². The van der Waals surface area contributed by atoms with Crippen molar-refractivity contribution in [1.29, 1.82) is 5.41 Å². The molecule has 0 bridgehead atoms. The first-order valence-corrected chi connectivity index (χ1v) is 14.4. The zero-order valence-electron chi connectivity index (χ0n) is 24.0. The molecule has 0 amide bonds. The van der Waals surface area contributed by atoms with Crippen LogP contribution < -0.4 is 5.32 Å². The number of benzene rings is 2. The van der Waals surface area contributed by atoms with Gasteiger partial charge >= 0.3 is 0 Å². The molecule has 0 aromatic heterocycles. The molecule has 40 heavy (non-hydrogen) atoms. The number of hydrogen-bond donors (Lipinski definition) is 2. The summed E-state index contributed by atoms with van der Waals surface area (Å²) in [6.45, 7) is 12.9. The molecule has 0 spiro atoms. The van der Waals surface area contributed by atoms with Crippen LogP contribution in [-0.2, 0) is 10.3 Å². The fourth-order valence-electron chi connectivity index (χ4n) is 5.59. The second kappa shape index (κ2) is 16.4. The third kappa shape index (κ3) is 9.04. The first-order valence-electron chi connectivity index (χ1n) is 14.4. The predicted octanol–water partition coefficient (Wildman–Crippen LogP) is 6.50. The van der Waals surface area contributed by atoms with Gasteiger partial charge in [-0.15, -0.1) is 0 Å². The Balaban J connectivity index is 0.000000810. The fourth-order valence-corrected chi connectivity index (χ4v) is 5.59. The van der Waals surface area contributed by atoms with Gasteiger partial charge in [0, 0.05) is 61.9 Å². The van der Waals surface area contributed by atoms with Gasteiger partial charge in [-0.1, -0.05) is 37.8 Å². The van der Waals surface area contributed by atoms with Crippen molar-refractivity contribution in [3.8, 4) is 0 Å². The largest absolute Gasteiger partial charge is 0.382 e. The van der Waals surface area contributed by atoms with Gasteiger partial charge in [-0.05, 0) is 76.4 Å². The van der Waals surface area contributed by atoms with Gasteiger partial charge in [0.25, 0.3) is 0 Å². The first kappa shape index (κ1) is 31.6. The van der Waals surface area contributed by atoms with E-state index in [1.165, 1.54) is 17.8 Å². The number of hydrogen-bond acceptors (Lipinski definition) is 5. The molecule has 0 radical (unpaired) electrons. The van der Waals surface area contributed by atoms with Gasteiger partial charge in [-0.25, -0.2) is 8.78 Å². The second-order valence-electron chi connectivity index (χ2n) is 10.4. The van der Waals surface area contributed by atoms with Crippen LogP contribution in [0, 0.1) is 17.0 Å². The van der Waals surface area contributed by atoms with E-state index in [2.05, 4.69) is 51.0 Å². The third-order valence-corrected chi connectivity index (χ3v) is 7.71. The number of nitrogens with zero attached hydrogens (tertiary/aromatic N) is 3. The van der Waals surface area contributed by atoms with Crippen molar-refractivity contribution in [3.05, 3.63) is 78.4 Å². The summed E-state index contributed by atoms with van der Waals surface area (Å²) in [6, 6.07) is 15.3. The topological polar surface area (TPSA) is 63.9 Å². The van der Waals surface area contributed by atoms with E-state index in [1.807, 2.05) is 13.0 Å². The lowest BCUT2D eigenvalue weighted by Crippen LogP contribution is -2.51. The Morgan fingerprint density at radius 2 is 1.77 bits per heavy atom. The Bertz CT molecular complexity index is 1070. The van der Waals surface area contributed by atoms with Crippen LogP contribution in [0.25, 0.3) is 0 Å². The van der Waals surface area contributed by atoms with Gasteiger partial charge in [0.2, 0.25) is 0 Å². The molecule has 1 atom stereocenters. The lowest BCUT2D eigenvalue weighted by Gasteiger charge is -2.44. The van der Waals surface area contributed by atoms with Gasteiger partial charge in [0.15, 0.2) is 0 Å². The Labute approximate surface area is 238 Å². The van der Waals surface area contributed by atoms with Crippen molar-refractivity contribution in [2.24, 2.45) is 4.99 Å². The molecule has 2 aliphatic rings. The normalized spacial score (nSPS) is 19.0. The molecule has 2 heterocycles. The van der Waals surface area contributed by atoms with Crippen LogP contribution in [0.1, 0.15) is 51.5 Å². The molecule has 2 N–H and O–H groups in total. The van der Waals surface area contributed by atoms with E-state index in [-0.39, 0.29) is 0 Å². The van der Waals surface area contributed by atoms with E-state index in [9.17, 15) is 8.78 Å². The third-order valence-electron chi connectivity index (χ3n) is 7.71. The molecule has 2 saturated heterocycles. The van der Waals surface area contributed by atoms with E-state index in [0.717, 1.165) is 70.7 Å². The average molecular weight is 554 g/mol. The molecular formula is C32H45F2N5O. The van der Waals surface area contributed by atoms with Crippen LogP contribution in [-0.4, -0.2) is 73.8 Å². The summed E-state index contributed by atoms with van der Waals surface area (Å²) in [7, 11) is 0. The molecule has 6 nitrogen and oxygen atoms in total. The number of piperidine rings is 2. The van der Waals surface area contributed by atoms with Crippen LogP contribution in [0.3, 0.4) is 0 Å². The number of para-hydroxylation sites is 1. The Morgan fingerprint density at radius 3 is 2.33 bits per heavy atom. The summed E-state index contributed by atoms with van der Waals surface area (Å²) in [4.78, 5) is 8.38. The van der Waals surface area contributed by atoms with Crippen molar-refractivity contribution < 1.29 is 13.5 Å². The highest BCUT2D eigenvalue weighted by Gasteiger charge is 2.37. The van der Waals surface area contributed by atoms with Crippen molar-refractivity contribution in [2.75, 3.05) is 44.6 Å². The molecule has 1 unspecified atom stereocenters. The number of likely N-dealkylation sites (tertiary alicyclic amines) is 2. The Kier molecular flexibility index (Phi) is 12.9. The number of anilines is 1. The summed E-state index contributed by atoms with van der Waals surface area (Å²) in [5.41, 5.74) is 0.576. The average Bonchev–Trinajstić information content (AvgIpc) is 2.98. The quantitative estimate of drug-likeness (QED) is 0.190. The highest BCUT2D eigenvalue weighted by Crippen LogP contribution is 2.33. The second-order valence-corrected chi connectivity index (χ2v) is 10.4. The van der Waals surface area contributed by atoms with E-state index in [4.69, 9.17) is 10.1 Å². The zero-order chi connectivity index (χ0) is 28.8. The molecule has 2 aliphatic heterocycles. The van der Waals surface area contributed by atoms with Gasteiger partial charge in [-0.3, -0.25) is 15.3 Å². The molecule has 2 fully saturated rings. The maximum absolute atomic E-state index is 14.8. The minimum absolute atomic E-state index is 0.359. The summed E-state index contributed by atoms with van der Waals surface area (Å²) >= 11 is 0. The highest BCUT2D eigenvalue weighted by molar-refractivity contribution is 5.68. The van der Waals surface area contributed by atoms with E-state index in [1.54, 1.807) is 19.2 Å². The SMILES string of the molecule is C=CC(CN1CCC(N2CCC(Nc3ccccc3)CC2)CC1)(OCCC)c1ccc(F)cc1F.CC=NC=N. The van der Waals surface area contributed by atoms with Crippen molar-refractivity contribution in [3.63, 3.8) is 0 Å². The van der Waals surface area contributed by atoms with E-state index < -0.39 is 17.2 Å². The minimum atomic E-state index is -0.984. The van der Waals surface area contributed by atoms with Gasteiger partial charge in [0.1, 0.15) is 23.6 Å². The lowest BCUT2D eigenvalue weighted by molar-refractivity contribution is -0.0455. The van der Waals surface area contributed by atoms with Crippen LogP contribution in [0.4, 0.5) is 14.5 Å². The molecule has 218 valence electrons. The van der Waals surface area contributed by atoms with Crippen LogP contribution in [0.15, 0.2) is 66.2 Å². The van der Waals surface area contributed by atoms with Crippen LogP contribution in [0.5, 0.6) is 0 Å². The summed E-state index contributed by atoms with van der Waals surface area (Å²) in [5, 5.41) is 9.95. The van der Waals surface area contributed by atoms with Crippen molar-refractivity contribution in [2.45, 2.75) is 63.6 Å². The van der Waals surface area contributed by atoms with Gasteiger partial charge < -0.3 is 15.0 Å². The number of nitrogens with one attached hydrogen (secondary N) is 2. The molecule has 0 aliphatic carbocycles. The minimum Gasteiger partial charge on any atom is -0.382 e. The maximum atomic E-state index is 14.8. The molecule has 0 saturated carbocycles. The zero-order valence-corrected chi connectivity index (χ0v) is 24.0. The number of aliphatic imine (C=N–C) groups is 1. The summed E-state index contributed by atoms with van der Waals surface area (Å²) in [5.74, 6) is -1.16. The van der Waals surface area contributed by atoms with Gasteiger partial charge in [-0.2, -0.15) is 0 Å². The fraction of sp³-hybridized carbons (Fsp3) is 0.500. The molecule has 8 heteroatoms. The number of rotatable bonds is 11. The number of halogens is 2. The maximum Gasteiger partial charge on any atom is 0.132 e.